The average molecular weight is 284 g/mol. The predicted molar refractivity (Wildman–Crippen MR) is 87.2 cm³/mol. The van der Waals surface area contributed by atoms with Crippen molar-refractivity contribution in [2.24, 2.45) is 5.84 Å². The molecule has 112 valence electrons. The lowest BCUT2D eigenvalue weighted by Crippen LogP contribution is -2.30. The van der Waals surface area contributed by atoms with Crippen LogP contribution in [0.5, 0.6) is 5.75 Å². The monoisotopic (exact) mass is 284 g/mol. The molecule has 0 saturated heterocycles. The predicted octanol–water partition coefficient (Wildman–Crippen LogP) is 3.39. The van der Waals surface area contributed by atoms with Gasteiger partial charge in [0.15, 0.2) is 0 Å². The van der Waals surface area contributed by atoms with Crippen molar-refractivity contribution in [2.45, 2.75) is 32.7 Å². The lowest BCUT2D eigenvalue weighted by atomic mass is 9.97. The number of hydrogen-bond acceptors (Lipinski definition) is 3. The van der Waals surface area contributed by atoms with E-state index >= 15 is 0 Å². The molecule has 0 spiro atoms. The first-order chi connectivity index (χ1) is 10.3. The first-order valence-electron chi connectivity index (χ1n) is 7.54. The molecule has 0 aliphatic heterocycles. The fraction of sp³-hybridized carbons (Fsp3) is 0.333. The summed E-state index contributed by atoms with van der Waals surface area (Å²) in [6.07, 6.45) is 1.90. The first-order valence-corrected chi connectivity index (χ1v) is 7.54. The van der Waals surface area contributed by atoms with Crippen LogP contribution in [0.4, 0.5) is 0 Å². The molecule has 1 atom stereocenters. The number of nitrogens with one attached hydrogen (secondary N) is 1. The van der Waals surface area contributed by atoms with E-state index in [1.165, 1.54) is 11.1 Å². The van der Waals surface area contributed by atoms with E-state index in [9.17, 15) is 0 Å². The molecule has 0 fully saturated rings. The summed E-state index contributed by atoms with van der Waals surface area (Å²) >= 11 is 0. The van der Waals surface area contributed by atoms with Crippen LogP contribution in [-0.2, 0) is 12.8 Å². The SMILES string of the molecule is CCOc1ccccc1C(Cc1ccc(CC)cc1)NN. The van der Waals surface area contributed by atoms with E-state index in [1.807, 2.05) is 25.1 Å². The second-order valence-electron chi connectivity index (χ2n) is 5.06. The molecule has 2 aromatic carbocycles. The molecule has 0 heterocycles. The van der Waals surface area contributed by atoms with Crippen molar-refractivity contribution in [3.63, 3.8) is 0 Å². The number of nitrogens with two attached hydrogens (primary N) is 1. The summed E-state index contributed by atoms with van der Waals surface area (Å²) in [6.45, 7) is 4.81. The van der Waals surface area contributed by atoms with Crippen LogP contribution in [-0.4, -0.2) is 6.61 Å². The van der Waals surface area contributed by atoms with E-state index < -0.39 is 0 Å². The molecule has 0 aromatic heterocycles. The fourth-order valence-corrected chi connectivity index (χ4v) is 2.46. The van der Waals surface area contributed by atoms with E-state index in [4.69, 9.17) is 10.6 Å². The van der Waals surface area contributed by atoms with Gasteiger partial charge in [-0.1, -0.05) is 49.4 Å². The van der Waals surface area contributed by atoms with Crippen molar-refractivity contribution in [2.75, 3.05) is 6.61 Å². The van der Waals surface area contributed by atoms with Gasteiger partial charge >= 0.3 is 0 Å². The molecule has 2 aromatic rings. The van der Waals surface area contributed by atoms with E-state index in [-0.39, 0.29) is 6.04 Å². The van der Waals surface area contributed by atoms with E-state index in [0.29, 0.717) is 6.61 Å². The van der Waals surface area contributed by atoms with Crippen LogP contribution in [0.25, 0.3) is 0 Å². The van der Waals surface area contributed by atoms with Gasteiger partial charge in [0, 0.05) is 5.56 Å². The Morgan fingerprint density at radius 2 is 1.67 bits per heavy atom. The molecular weight excluding hydrogens is 260 g/mol. The summed E-state index contributed by atoms with van der Waals surface area (Å²) in [7, 11) is 0. The van der Waals surface area contributed by atoms with Crippen LogP contribution < -0.4 is 16.0 Å². The Hall–Kier alpha value is -1.84. The number of benzene rings is 2. The van der Waals surface area contributed by atoms with Gasteiger partial charge in [0.25, 0.3) is 0 Å². The van der Waals surface area contributed by atoms with Crippen LogP contribution in [0.3, 0.4) is 0 Å². The minimum absolute atomic E-state index is 0.0419. The minimum Gasteiger partial charge on any atom is -0.494 e. The van der Waals surface area contributed by atoms with Crippen molar-refractivity contribution in [3.05, 3.63) is 65.2 Å². The molecule has 0 amide bonds. The zero-order valence-corrected chi connectivity index (χ0v) is 12.8. The summed E-state index contributed by atoms with van der Waals surface area (Å²) < 4.78 is 5.70. The van der Waals surface area contributed by atoms with Crippen molar-refractivity contribution >= 4 is 0 Å². The maximum atomic E-state index is 5.77. The standard InChI is InChI=1S/C18H24N2O/c1-3-14-9-11-15(12-10-14)13-17(20-19)16-7-5-6-8-18(16)21-4-2/h5-12,17,20H,3-4,13,19H2,1-2H3. The van der Waals surface area contributed by atoms with Crippen LogP contribution in [0, 0.1) is 0 Å². The van der Waals surface area contributed by atoms with Gasteiger partial charge in [0.2, 0.25) is 0 Å². The van der Waals surface area contributed by atoms with Gasteiger partial charge in [-0.25, -0.2) is 0 Å². The number of hydrogen-bond donors (Lipinski definition) is 2. The average Bonchev–Trinajstić information content (AvgIpc) is 2.54. The molecule has 0 aliphatic carbocycles. The zero-order chi connectivity index (χ0) is 15.1. The maximum Gasteiger partial charge on any atom is 0.124 e. The molecule has 0 aliphatic rings. The number of aryl methyl sites for hydroxylation is 1. The highest BCUT2D eigenvalue weighted by Gasteiger charge is 2.15. The zero-order valence-electron chi connectivity index (χ0n) is 12.8. The van der Waals surface area contributed by atoms with Crippen molar-refractivity contribution in [1.82, 2.24) is 5.43 Å². The Morgan fingerprint density at radius 1 is 1.00 bits per heavy atom. The highest BCUT2D eigenvalue weighted by molar-refractivity contribution is 5.37. The van der Waals surface area contributed by atoms with Gasteiger partial charge in [0.1, 0.15) is 5.75 Å². The van der Waals surface area contributed by atoms with Gasteiger partial charge in [-0.2, -0.15) is 0 Å². The molecule has 3 N–H and O–H groups in total. The molecule has 0 saturated carbocycles. The Kier molecular flexibility index (Phi) is 5.78. The summed E-state index contributed by atoms with van der Waals surface area (Å²) in [5, 5.41) is 0. The highest BCUT2D eigenvalue weighted by atomic mass is 16.5. The summed E-state index contributed by atoms with van der Waals surface area (Å²) in [5.41, 5.74) is 6.63. The normalized spacial score (nSPS) is 12.1. The second-order valence-corrected chi connectivity index (χ2v) is 5.06. The van der Waals surface area contributed by atoms with Crippen LogP contribution in [0.15, 0.2) is 48.5 Å². The van der Waals surface area contributed by atoms with E-state index in [2.05, 4.69) is 42.7 Å². The quantitative estimate of drug-likeness (QED) is 0.605. The van der Waals surface area contributed by atoms with Gasteiger partial charge in [-0.3, -0.25) is 11.3 Å². The molecule has 21 heavy (non-hydrogen) atoms. The molecule has 1 unspecified atom stereocenters. The third kappa shape index (κ3) is 4.06. The first kappa shape index (κ1) is 15.5. The van der Waals surface area contributed by atoms with Crippen molar-refractivity contribution in [1.29, 1.82) is 0 Å². The molecule has 2 rings (SSSR count). The largest absolute Gasteiger partial charge is 0.494 e. The topological polar surface area (TPSA) is 47.3 Å². The Labute approximate surface area is 127 Å². The summed E-state index contributed by atoms with van der Waals surface area (Å²) in [6, 6.07) is 16.8. The number of para-hydroxylation sites is 1. The number of rotatable bonds is 7. The number of hydrazine groups is 1. The maximum absolute atomic E-state index is 5.77. The highest BCUT2D eigenvalue weighted by Crippen LogP contribution is 2.27. The Bertz CT molecular complexity index is 551. The van der Waals surface area contributed by atoms with Crippen molar-refractivity contribution in [3.8, 4) is 5.75 Å². The Morgan fingerprint density at radius 3 is 2.29 bits per heavy atom. The molecule has 0 bridgehead atoms. The fourth-order valence-electron chi connectivity index (χ4n) is 2.46. The minimum atomic E-state index is 0.0419. The summed E-state index contributed by atoms with van der Waals surface area (Å²) in [5.74, 6) is 6.66. The van der Waals surface area contributed by atoms with Gasteiger partial charge in [-0.05, 0) is 37.0 Å². The smallest absolute Gasteiger partial charge is 0.124 e. The Balaban J connectivity index is 2.19. The van der Waals surface area contributed by atoms with Crippen LogP contribution in [0.2, 0.25) is 0 Å². The van der Waals surface area contributed by atoms with Gasteiger partial charge < -0.3 is 4.74 Å². The van der Waals surface area contributed by atoms with Crippen LogP contribution >= 0.6 is 0 Å². The summed E-state index contributed by atoms with van der Waals surface area (Å²) in [4.78, 5) is 0. The lowest BCUT2D eigenvalue weighted by molar-refractivity contribution is 0.331. The second kappa shape index (κ2) is 7.81. The van der Waals surface area contributed by atoms with Crippen molar-refractivity contribution < 1.29 is 4.74 Å². The van der Waals surface area contributed by atoms with Gasteiger partial charge in [0.05, 0.1) is 12.6 Å². The number of ether oxygens (including phenoxy) is 1. The molecular formula is C18H24N2O. The molecule has 3 heteroatoms. The third-order valence-corrected chi connectivity index (χ3v) is 3.67. The van der Waals surface area contributed by atoms with E-state index in [1.54, 1.807) is 0 Å². The van der Waals surface area contributed by atoms with E-state index in [0.717, 1.165) is 24.2 Å². The third-order valence-electron chi connectivity index (χ3n) is 3.67. The lowest BCUT2D eigenvalue weighted by Gasteiger charge is -2.20. The molecule has 3 nitrogen and oxygen atoms in total. The van der Waals surface area contributed by atoms with Gasteiger partial charge in [-0.15, -0.1) is 0 Å². The van der Waals surface area contributed by atoms with Crippen LogP contribution in [0.1, 0.15) is 36.6 Å². The molecule has 0 radical (unpaired) electrons.